The molecule has 0 unspecified atom stereocenters. The van der Waals surface area contributed by atoms with Gasteiger partial charge in [0.2, 0.25) is 0 Å². The molecule has 0 atom stereocenters. The van der Waals surface area contributed by atoms with Crippen molar-refractivity contribution in [1.82, 2.24) is 0 Å². The summed E-state index contributed by atoms with van der Waals surface area (Å²) in [6.07, 6.45) is 0. The molecule has 2 heteroatoms. The van der Waals surface area contributed by atoms with Crippen LogP contribution in [-0.2, 0) is 0 Å². The predicted octanol–water partition coefficient (Wildman–Crippen LogP) is 7.04. The maximum atomic E-state index is 6.79. The third kappa shape index (κ3) is 2.17. The minimum absolute atomic E-state index is 0.808. The maximum absolute atomic E-state index is 6.79. The number of hydrogen-bond acceptors (Lipinski definition) is 2. The third-order valence-corrected chi connectivity index (χ3v) is 6.07. The monoisotopic (exact) mass is 373 g/mol. The Labute approximate surface area is 168 Å². The number of rotatable bonds is 1. The Balaban J connectivity index is 1.96. The summed E-state index contributed by atoms with van der Waals surface area (Å²) in [5.41, 5.74) is 7.60. The van der Waals surface area contributed by atoms with Crippen LogP contribution in [-0.4, -0.2) is 7.11 Å². The minimum atomic E-state index is 0.808. The van der Waals surface area contributed by atoms with Gasteiger partial charge in [-0.1, -0.05) is 66.7 Å². The van der Waals surface area contributed by atoms with Crippen molar-refractivity contribution in [3.05, 3.63) is 84.9 Å². The molecule has 6 aromatic carbocycles. The van der Waals surface area contributed by atoms with Crippen molar-refractivity contribution in [3.63, 3.8) is 0 Å². The number of anilines is 1. The van der Waals surface area contributed by atoms with Gasteiger partial charge in [-0.3, -0.25) is 0 Å². The Bertz CT molecular complexity index is 1600. The van der Waals surface area contributed by atoms with E-state index in [-0.39, 0.29) is 0 Å². The highest BCUT2D eigenvalue weighted by atomic mass is 16.5. The zero-order valence-corrected chi connectivity index (χ0v) is 16.1. The molecular formula is C27H19NO. The molecular weight excluding hydrogens is 354 g/mol. The van der Waals surface area contributed by atoms with Crippen LogP contribution in [0.15, 0.2) is 84.9 Å². The molecule has 0 spiro atoms. The van der Waals surface area contributed by atoms with Gasteiger partial charge in [0.25, 0.3) is 0 Å². The van der Waals surface area contributed by atoms with Gasteiger partial charge in [0, 0.05) is 16.5 Å². The summed E-state index contributed by atoms with van der Waals surface area (Å²) in [4.78, 5) is 0. The SMILES string of the molecule is COc1ccc2cc3c4ccc5ccccc5c4c4ccccc4c3c(N)c2c1. The Kier molecular flexibility index (Phi) is 3.27. The molecule has 0 aliphatic rings. The fourth-order valence-electron chi connectivity index (χ4n) is 4.74. The zero-order valence-electron chi connectivity index (χ0n) is 16.1. The number of benzene rings is 6. The lowest BCUT2D eigenvalue weighted by Crippen LogP contribution is -1.93. The molecule has 6 rings (SSSR count). The van der Waals surface area contributed by atoms with Crippen molar-refractivity contribution in [2.75, 3.05) is 12.8 Å². The van der Waals surface area contributed by atoms with Crippen LogP contribution in [0.5, 0.6) is 5.75 Å². The number of nitrogen functional groups attached to an aromatic ring is 1. The number of methoxy groups -OCH3 is 1. The van der Waals surface area contributed by atoms with E-state index in [0.717, 1.165) is 27.6 Å². The molecule has 0 radical (unpaired) electrons. The summed E-state index contributed by atoms with van der Waals surface area (Å²) in [6.45, 7) is 0. The van der Waals surface area contributed by atoms with Crippen LogP contribution in [0.4, 0.5) is 5.69 Å². The molecule has 0 amide bonds. The van der Waals surface area contributed by atoms with Gasteiger partial charge in [-0.2, -0.15) is 0 Å². The quantitative estimate of drug-likeness (QED) is 0.190. The highest BCUT2D eigenvalue weighted by Gasteiger charge is 2.15. The topological polar surface area (TPSA) is 35.2 Å². The normalized spacial score (nSPS) is 11.8. The van der Waals surface area contributed by atoms with E-state index in [1.54, 1.807) is 7.11 Å². The van der Waals surface area contributed by atoms with Gasteiger partial charge in [-0.05, 0) is 61.3 Å². The van der Waals surface area contributed by atoms with Crippen LogP contribution < -0.4 is 10.5 Å². The maximum Gasteiger partial charge on any atom is 0.119 e. The first kappa shape index (κ1) is 16.2. The van der Waals surface area contributed by atoms with Crippen LogP contribution in [0.25, 0.3) is 53.9 Å². The number of hydrogen-bond donors (Lipinski definition) is 1. The van der Waals surface area contributed by atoms with Gasteiger partial charge in [0.15, 0.2) is 0 Å². The average Bonchev–Trinajstić information content (AvgIpc) is 2.78. The van der Waals surface area contributed by atoms with Gasteiger partial charge in [-0.15, -0.1) is 0 Å². The van der Waals surface area contributed by atoms with Crippen LogP contribution in [0.3, 0.4) is 0 Å². The summed E-state index contributed by atoms with van der Waals surface area (Å²) in [7, 11) is 1.69. The number of ether oxygens (including phenoxy) is 1. The molecule has 0 heterocycles. The molecule has 0 bridgehead atoms. The van der Waals surface area contributed by atoms with Crippen molar-refractivity contribution in [2.24, 2.45) is 0 Å². The van der Waals surface area contributed by atoms with Gasteiger partial charge in [0.05, 0.1) is 7.11 Å². The van der Waals surface area contributed by atoms with Gasteiger partial charge >= 0.3 is 0 Å². The fourth-order valence-corrected chi connectivity index (χ4v) is 4.74. The number of fused-ring (bicyclic) bond motifs is 9. The summed E-state index contributed by atoms with van der Waals surface area (Å²) < 4.78 is 5.44. The van der Waals surface area contributed by atoms with Crippen LogP contribution >= 0.6 is 0 Å². The highest BCUT2D eigenvalue weighted by molar-refractivity contribution is 6.35. The van der Waals surface area contributed by atoms with Crippen molar-refractivity contribution >= 4 is 59.5 Å². The second-order valence-electron chi connectivity index (χ2n) is 7.55. The van der Waals surface area contributed by atoms with Crippen molar-refractivity contribution in [1.29, 1.82) is 0 Å². The summed E-state index contributed by atoms with van der Waals surface area (Å²) in [6, 6.07) is 30.0. The van der Waals surface area contributed by atoms with E-state index in [2.05, 4.69) is 72.8 Å². The van der Waals surface area contributed by atoms with Gasteiger partial charge < -0.3 is 10.5 Å². The molecule has 138 valence electrons. The molecule has 0 aromatic heterocycles. The van der Waals surface area contributed by atoms with E-state index in [9.17, 15) is 0 Å². The van der Waals surface area contributed by atoms with E-state index < -0.39 is 0 Å². The lowest BCUT2D eigenvalue weighted by molar-refractivity contribution is 0.415. The average molecular weight is 373 g/mol. The Morgan fingerprint density at radius 1 is 0.552 bits per heavy atom. The summed E-state index contributed by atoms with van der Waals surface area (Å²) in [5, 5.41) is 11.9. The standard InChI is InChI=1S/C27H19NO/c1-29-18-12-10-17-14-24-22-13-11-16-6-2-3-7-19(16)25(22)20-8-4-5-9-21(20)26(24)27(28)23(17)15-18/h2-15H,28H2,1H3. The largest absolute Gasteiger partial charge is 0.497 e. The summed E-state index contributed by atoms with van der Waals surface area (Å²) in [5.74, 6) is 0.819. The van der Waals surface area contributed by atoms with Gasteiger partial charge in [0.1, 0.15) is 5.75 Å². The minimum Gasteiger partial charge on any atom is -0.497 e. The smallest absolute Gasteiger partial charge is 0.119 e. The predicted molar refractivity (Wildman–Crippen MR) is 125 cm³/mol. The van der Waals surface area contributed by atoms with Crippen LogP contribution in [0, 0.1) is 0 Å². The fraction of sp³-hybridized carbons (Fsp3) is 0.0370. The van der Waals surface area contributed by atoms with E-state index in [1.807, 2.05) is 12.1 Å². The van der Waals surface area contributed by atoms with Crippen LogP contribution in [0.1, 0.15) is 0 Å². The number of nitrogens with two attached hydrogens (primary N) is 1. The molecule has 2 nitrogen and oxygen atoms in total. The molecule has 0 fully saturated rings. The lowest BCUT2D eigenvalue weighted by atomic mass is 9.89. The summed E-state index contributed by atoms with van der Waals surface area (Å²) >= 11 is 0. The van der Waals surface area contributed by atoms with E-state index >= 15 is 0 Å². The van der Waals surface area contributed by atoms with Crippen LogP contribution in [0.2, 0.25) is 0 Å². The van der Waals surface area contributed by atoms with Crippen molar-refractivity contribution in [3.8, 4) is 5.75 Å². The molecule has 6 aromatic rings. The highest BCUT2D eigenvalue weighted by Crippen LogP contribution is 2.43. The zero-order chi connectivity index (χ0) is 19.5. The molecule has 0 saturated heterocycles. The first-order valence-electron chi connectivity index (χ1n) is 9.78. The Morgan fingerprint density at radius 3 is 2.00 bits per heavy atom. The third-order valence-electron chi connectivity index (χ3n) is 6.07. The molecule has 29 heavy (non-hydrogen) atoms. The second-order valence-corrected chi connectivity index (χ2v) is 7.55. The molecule has 0 aliphatic carbocycles. The first-order chi connectivity index (χ1) is 14.3. The van der Waals surface area contributed by atoms with Gasteiger partial charge in [-0.25, -0.2) is 0 Å². The van der Waals surface area contributed by atoms with E-state index in [4.69, 9.17) is 10.5 Å². The molecule has 0 aliphatic heterocycles. The molecule has 2 N–H and O–H groups in total. The van der Waals surface area contributed by atoms with Crippen molar-refractivity contribution < 1.29 is 4.74 Å². The Hall–Kier alpha value is -3.78. The lowest BCUT2D eigenvalue weighted by Gasteiger charge is -2.16. The van der Waals surface area contributed by atoms with E-state index in [1.165, 1.54) is 37.7 Å². The Morgan fingerprint density at radius 2 is 1.21 bits per heavy atom. The molecule has 0 saturated carbocycles. The van der Waals surface area contributed by atoms with E-state index in [0.29, 0.717) is 0 Å². The second kappa shape index (κ2) is 5.86. The first-order valence-corrected chi connectivity index (χ1v) is 9.78. The van der Waals surface area contributed by atoms with Crippen molar-refractivity contribution in [2.45, 2.75) is 0 Å².